The Morgan fingerprint density at radius 1 is 1.28 bits per heavy atom. The first-order chi connectivity index (χ1) is 8.13. The van der Waals surface area contributed by atoms with Crippen molar-refractivity contribution in [1.29, 1.82) is 0 Å². The lowest BCUT2D eigenvalue weighted by Crippen LogP contribution is -2.35. The smallest absolute Gasteiger partial charge is 0.209 e. The molecule has 0 aliphatic heterocycles. The molecule has 0 aliphatic rings. The first-order valence-electron chi connectivity index (χ1n) is 5.75. The molecular formula is C13H21NO3S. The van der Waals surface area contributed by atoms with Gasteiger partial charge >= 0.3 is 0 Å². The van der Waals surface area contributed by atoms with Crippen molar-refractivity contribution in [3.8, 4) is 5.75 Å². The van der Waals surface area contributed by atoms with E-state index < -0.39 is 10.0 Å². The summed E-state index contributed by atoms with van der Waals surface area (Å²) in [6.45, 7) is 5.99. The van der Waals surface area contributed by atoms with E-state index in [1.165, 1.54) is 6.26 Å². The van der Waals surface area contributed by atoms with Crippen LogP contribution in [0.25, 0.3) is 0 Å². The van der Waals surface area contributed by atoms with Crippen molar-refractivity contribution in [2.75, 3.05) is 13.4 Å². The van der Waals surface area contributed by atoms with E-state index in [0.717, 1.165) is 11.3 Å². The first kappa shape index (κ1) is 15.0. The number of nitrogens with one attached hydrogen (secondary N) is 1. The van der Waals surface area contributed by atoms with Gasteiger partial charge < -0.3 is 4.74 Å². The van der Waals surface area contributed by atoms with Gasteiger partial charge in [-0.2, -0.15) is 0 Å². The zero-order valence-corrected chi connectivity index (χ0v) is 12.3. The van der Waals surface area contributed by atoms with E-state index in [2.05, 4.69) is 4.72 Å². The second-order valence-electron chi connectivity index (χ2n) is 5.47. The molecule has 18 heavy (non-hydrogen) atoms. The summed E-state index contributed by atoms with van der Waals surface area (Å²) in [7, 11) is -1.67. The average Bonchev–Trinajstić information content (AvgIpc) is 2.23. The molecule has 4 nitrogen and oxygen atoms in total. The van der Waals surface area contributed by atoms with Gasteiger partial charge in [-0.3, -0.25) is 0 Å². The molecule has 0 radical (unpaired) electrons. The third-order valence-electron chi connectivity index (χ3n) is 2.63. The van der Waals surface area contributed by atoms with E-state index in [-0.39, 0.29) is 11.5 Å². The molecule has 0 saturated carbocycles. The van der Waals surface area contributed by atoms with Crippen LogP contribution in [0.1, 0.15) is 32.4 Å². The van der Waals surface area contributed by atoms with Gasteiger partial charge in [0.1, 0.15) is 5.75 Å². The average molecular weight is 271 g/mol. The van der Waals surface area contributed by atoms with Crippen molar-refractivity contribution in [3.63, 3.8) is 0 Å². The van der Waals surface area contributed by atoms with Gasteiger partial charge in [-0.15, -0.1) is 0 Å². The Morgan fingerprint density at radius 2 is 1.89 bits per heavy atom. The monoisotopic (exact) mass is 271 g/mol. The van der Waals surface area contributed by atoms with Crippen molar-refractivity contribution in [3.05, 3.63) is 29.8 Å². The highest BCUT2D eigenvalue weighted by molar-refractivity contribution is 7.88. The van der Waals surface area contributed by atoms with Crippen LogP contribution in [0.15, 0.2) is 24.3 Å². The van der Waals surface area contributed by atoms with Gasteiger partial charge in [-0.25, -0.2) is 13.1 Å². The molecule has 0 amide bonds. The molecule has 102 valence electrons. The minimum atomic E-state index is -3.27. The van der Waals surface area contributed by atoms with Crippen LogP contribution in [-0.2, 0) is 10.0 Å². The van der Waals surface area contributed by atoms with E-state index in [9.17, 15) is 8.42 Å². The Bertz CT molecular complexity index is 503. The van der Waals surface area contributed by atoms with E-state index >= 15 is 0 Å². The summed E-state index contributed by atoms with van der Waals surface area (Å²) in [6.07, 6.45) is 1.17. The Morgan fingerprint density at radius 3 is 2.33 bits per heavy atom. The zero-order valence-electron chi connectivity index (χ0n) is 11.5. The number of benzene rings is 1. The Balaban J connectivity index is 3.18. The summed E-state index contributed by atoms with van der Waals surface area (Å²) in [6, 6.07) is 7.16. The van der Waals surface area contributed by atoms with Crippen molar-refractivity contribution in [2.45, 2.75) is 26.8 Å². The predicted octanol–water partition coefficient (Wildman–Crippen LogP) is 2.33. The predicted molar refractivity (Wildman–Crippen MR) is 73.2 cm³/mol. The number of methoxy groups -OCH3 is 1. The lowest BCUT2D eigenvalue weighted by Gasteiger charge is -2.31. The summed E-state index contributed by atoms with van der Waals surface area (Å²) in [5.74, 6) is 0.719. The van der Waals surface area contributed by atoms with Gasteiger partial charge in [0.05, 0.1) is 19.4 Å². The van der Waals surface area contributed by atoms with Crippen LogP contribution in [0, 0.1) is 5.41 Å². The molecule has 1 aromatic carbocycles. The summed E-state index contributed by atoms with van der Waals surface area (Å²) >= 11 is 0. The maximum Gasteiger partial charge on any atom is 0.209 e. The fourth-order valence-electron chi connectivity index (χ4n) is 1.78. The van der Waals surface area contributed by atoms with E-state index in [4.69, 9.17) is 4.74 Å². The van der Waals surface area contributed by atoms with Crippen LogP contribution in [0.4, 0.5) is 0 Å². The molecule has 1 unspecified atom stereocenters. The summed E-state index contributed by atoms with van der Waals surface area (Å²) < 4.78 is 30.8. The lowest BCUT2D eigenvalue weighted by atomic mass is 9.83. The van der Waals surface area contributed by atoms with Crippen LogP contribution in [0.3, 0.4) is 0 Å². The number of rotatable bonds is 4. The maximum absolute atomic E-state index is 11.5. The third-order valence-corrected chi connectivity index (χ3v) is 3.29. The standard InChI is InChI=1S/C13H21NO3S/c1-13(2,3)12(14-18(5,15)16)10-7-6-8-11(9-10)17-4/h6-9,12,14H,1-5H3. The van der Waals surface area contributed by atoms with Crippen LogP contribution < -0.4 is 9.46 Å². The summed E-state index contributed by atoms with van der Waals surface area (Å²) in [4.78, 5) is 0. The molecule has 1 atom stereocenters. The SMILES string of the molecule is COc1cccc(C(NS(C)(=O)=O)C(C)(C)C)c1. The molecule has 0 saturated heterocycles. The highest BCUT2D eigenvalue weighted by atomic mass is 32.2. The third kappa shape index (κ3) is 4.31. The lowest BCUT2D eigenvalue weighted by molar-refractivity contribution is 0.303. The van der Waals surface area contributed by atoms with Crippen molar-refractivity contribution < 1.29 is 13.2 Å². The molecule has 1 aromatic rings. The molecular weight excluding hydrogens is 250 g/mol. The van der Waals surface area contributed by atoms with Crippen LogP contribution >= 0.6 is 0 Å². The van der Waals surface area contributed by atoms with Gasteiger partial charge in [-0.1, -0.05) is 32.9 Å². The van der Waals surface area contributed by atoms with E-state index in [1.54, 1.807) is 7.11 Å². The maximum atomic E-state index is 11.5. The second-order valence-corrected chi connectivity index (χ2v) is 7.25. The van der Waals surface area contributed by atoms with Crippen molar-refractivity contribution in [1.82, 2.24) is 4.72 Å². The minimum absolute atomic E-state index is 0.227. The highest BCUT2D eigenvalue weighted by Crippen LogP contribution is 2.34. The molecule has 0 heterocycles. The van der Waals surface area contributed by atoms with Crippen LogP contribution in [0.5, 0.6) is 5.75 Å². The minimum Gasteiger partial charge on any atom is -0.497 e. The van der Waals surface area contributed by atoms with E-state index in [1.807, 2.05) is 45.0 Å². The zero-order chi connectivity index (χ0) is 14.0. The largest absolute Gasteiger partial charge is 0.497 e. The second kappa shape index (κ2) is 5.28. The molecule has 0 bridgehead atoms. The van der Waals surface area contributed by atoms with Crippen molar-refractivity contribution >= 4 is 10.0 Å². The molecule has 1 N–H and O–H groups in total. The highest BCUT2D eigenvalue weighted by Gasteiger charge is 2.29. The quantitative estimate of drug-likeness (QED) is 0.914. The van der Waals surface area contributed by atoms with Gasteiger partial charge in [-0.05, 0) is 23.1 Å². The van der Waals surface area contributed by atoms with E-state index in [0.29, 0.717) is 0 Å². The summed E-state index contributed by atoms with van der Waals surface area (Å²) in [5, 5.41) is 0. The summed E-state index contributed by atoms with van der Waals surface area (Å²) in [5.41, 5.74) is 0.669. The number of hydrogen-bond donors (Lipinski definition) is 1. The molecule has 5 heteroatoms. The molecule has 0 aromatic heterocycles. The fraction of sp³-hybridized carbons (Fsp3) is 0.538. The Hall–Kier alpha value is -1.07. The van der Waals surface area contributed by atoms with Crippen molar-refractivity contribution in [2.24, 2.45) is 5.41 Å². The molecule has 0 aliphatic carbocycles. The van der Waals surface area contributed by atoms with Crippen LogP contribution in [-0.4, -0.2) is 21.8 Å². The normalized spacial score (nSPS) is 14.3. The van der Waals surface area contributed by atoms with Gasteiger partial charge in [0.2, 0.25) is 10.0 Å². The Labute approximate surface area is 109 Å². The fourth-order valence-corrected chi connectivity index (χ4v) is 2.70. The van der Waals surface area contributed by atoms with Crippen LogP contribution in [0.2, 0.25) is 0 Å². The molecule has 0 fully saturated rings. The van der Waals surface area contributed by atoms with Gasteiger partial charge in [0.25, 0.3) is 0 Å². The number of sulfonamides is 1. The molecule has 0 spiro atoms. The Kier molecular flexibility index (Phi) is 4.40. The van der Waals surface area contributed by atoms with Gasteiger partial charge in [0, 0.05) is 0 Å². The molecule has 1 rings (SSSR count). The topological polar surface area (TPSA) is 55.4 Å². The number of hydrogen-bond acceptors (Lipinski definition) is 3. The first-order valence-corrected chi connectivity index (χ1v) is 7.64. The number of ether oxygens (including phenoxy) is 1. The van der Waals surface area contributed by atoms with Gasteiger partial charge in [0.15, 0.2) is 0 Å².